The number of hydrogen-bond acceptors (Lipinski definition) is 5. The van der Waals surface area contributed by atoms with Crippen LogP contribution in [-0.2, 0) is 13.1 Å². The van der Waals surface area contributed by atoms with Gasteiger partial charge >= 0.3 is 0 Å². The van der Waals surface area contributed by atoms with E-state index in [1.54, 1.807) is 41.1 Å². The van der Waals surface area contributed by atoms with E-state index in [-0.39, 0.29) is 30.4 Å². The summed E-state index contributed by atoms with van der Waals surface area (Å²) in [5, 5.41) is 7.39. The molecule has 9 heteroatoms. The van der Waals surface area contributed by atoms with Gasteiger partial charge in [-0.05, 0) is 25.1 Å². The number of halogens is 1. The Hall–Kier alpha value is -4.01. The van der Waals surface area contributed by atoms with Gasteiger partial charge in [0.25, 0.3) is 11.5 Å². The Labute approximate surface area is 183 Å². The number of fused-ring (bicyclic) bond motifs is 1. The van der Waals surface area contributed by atoms with Crippen LogP contribution in [0.3, 0.4) is 0 Å². The largest absolute Gasteiger partial charge is 0.493 e. The van der Waals surface area contributed by atoms with Gasteiger partial charge in [-0.15, -0.1) is 0 Å². The molecule has 2 heterocycles. The van der Waals surface area contributed by atoms with E-state index in [2.05, 4.69) is 15.4 Å². The number of carbonyl (C=O) groups excluding carboxylic acids is 1. The van der Waals surface area contributed by atoms with Gasteiger partial charge < -0.3 is 10.1 Å². The third-order valence-electron chi connectivity index (χ3n) is 4.96. The average molecular weight is 435 g/mol. The smallest absolute Gasteiger partial charge is 0.264 e. The third kappa shape index (κ3) is 4.36. The lowest BCUT2D eigenvalue weighted by Gasteiger charge is -2.11. The first-order valence-corrected chi connectivity index (χ1v) is 10.2. The minimum atomic E-state index is -0.378. The Morgan fingerprint density at radius 2 is 1.94 bits per heavy atom. The monoisotopic (exact) mass is 435 g/mol. The number of hydrogen-bond donors (Lipinski definition) is 1. The van der Waals surface area contributed by atoms with Crippen molar-refractivity contribution in [2.45, 2.75) is 20.0 Å². The van der Waals surface area contributed by atoms with Gasteiger partial charge in [0.05, 0.1) is 31.5 Å². The van der Waals surface area contributed by atoms with Crippen molar-refractivity contribution in [1.82, 2.24) is 24.6 Å². The van der Waals surface area contributed by atoms with Crippen molar-refractivity contribution in [3.8, 4) is 5.75 Å². The van der Waals surface area contributed by atoms with Crippen LogP contribution in [0.2, 0.25) is 0 Å². The van der Waals surface area contributed by atoms with E-state index in [0.29, 0.717) is 41.1 Å². The number of para-hydroxylation sites is 1. The first-order chi connectivity index (χ1) is 15.6. The van der Waals surface area contributed by atoms with Crippen molar-refractivity contribution in [2.24, 2.45) is 0 Å². The summed E-state index contributed by atoms with van der Waals surface area (Å²) in [6.45, 7) is 3.01. The molecule has 0 radical (unpaired) electrons. The zero-order valence-corrected chi connectivity index (χ0v) is 17.5. The SMILES string of the molecule is CCOc1ccccc1C(=O)NCCn1ncc2c(=O)n(Cc3ccccc3F)cnc21. The Morgan fingerprint density at radius 3 is 2.75 bits per heavy atom. The molecule has 0 aliphatic carbocycles. The summed E-state index contributed by atoms with van der Waals surface area (Å²) in [7, 11) is 0. The number of ether oxygens (including phenoxy) is 1. The van der Waals surface area contributed by atoms with Crippen molar-refractivity contribution >= 4 is 16.9 Å². The number of nitrogens with zero attached hydrogens (tertiary/aromatic N) is 4. The van der Waals surface area contributed by atoms with E-state index in [1.807, 2.05) is 13.0 Å². The molecule has 0 aliphatic heterocycles. The van der Waals surface area contributed by atoms with Crippen molar-refractivity contribution in [3.63, 3.8) is 0 Å². The lowest BCUT2D eigenvalue weighted by Crippen LogP contribution is -2.28. The summed E-state index contributed by atoms with van der Waals surface area (Å²) in [4.78, 5) is 29.6. The molecule has 8 nitrogen and oxygen atoms in total. The predicted octanol–water partition coefficient (Wildman–Crippen LogP) is 2.61. The van der Waals surface area contributed by atoms with Gasteiger partial charge in [0.1, 0.15) is 23.3 Å². The molecule has 0 unspecified atom stereocenters. The highest BCUT2D eigenvalue weighted by molar-refractivity contribution is 5.96. The molecule has 4 aromatic rings. The van der Waals surface area contributed by atoms with Crippen molar-refractivity contribution in [2.75, 3.05) is 13.2 Å². The van der Waals surface area contributed by atoms with Gasteiger partial charge in [0.15, 0.2) is 5.65 Å². The van der Waals surface area contributed by atoms with Crippen LogP contribution in [0, 0.1) is 5.82 Å². The van der Waals surface area contributed by atoms with E-state index in [4.69, 9.17) is 4.74 Å². The molecule has 0 fully saturated rings. The summed E-state index contributed by atoms with van der Waals surface area (Å²) in [5.41, 5.74) is 0.954. The fourth-order valence-electron chi connectivity index (χ4n) is 3.39. The van der Waals surface area contributed by atoms with Crippen LogP contribution in [0.25, 0.3) is 11.0 Å². The molecule has 0 bridgehead atoms. The molecule has 0 spiro atoms. The molecule has 1 N–H and O–H groups in total. The third-order valence-corrected chi connectivity index (χ3v) is 4.96. The molecule has 2 aromatic heterocycles. The van der Waals surface area contributed by atoms with Crippen molar-refractivity contribution < 1.29 is 13.9 Å². The fourth-order valence-corrected chi connectivity index (χ4v) is 3.39. The molecular weight excluding hydrogens is 413 g/mol. The summed E-state index contributed by atoms with van der Waals surface area (Å²) in [6.07, 6.45) is 2.82. The van der Waals surface area contributed by atoms with Gasteiger partial charge in [0, 0.05) is 12.1 Å². The molecule has 4 rings (SSSR count). The maximum Gasteiger partial charge on any atom is 0.264 e. The van der Waals surface area contributed by atoms with Crippen LogP contribution in [0.5, 0.6) is 5.75 Å². The fraction of sp³-hybridized carbons (Fsp3) is 0.217. The van der Waals surface area contributed by atoms with E-state index in [0.717, 1.165) is 0 Å². The van der Waals surface area contributed by atoms with Gasteiger partial charge in [-0.3, -0.25) is 14.2 Å². The van der Waals surface area contributed by atoms with E-state index < -0.39 is 0 Å². The Morgan fingerprint density at radius 1 is 1.16 bits per heavy atom. The number of carbonyl (C=O) groups is 1. The summed E-state index contributed by atoms with van der Waals surface area (Å²) < 4.78 is 22.3. The molecule has 0 saturated carbocycles. The summed E-state index contributed by atoms with van der Waals surface area (Å²) >= 11 is 0. The summed E-state index contributed by atoms with van der Waals surface area (Å²) in [6, 6.07) is 13.3. The number of aromatic nitrogens is 4. The number of amides is 1. The van der Waals surface area contributed by atoms with Crippen molar-refractivity contribution in [3.05, 3.63) is 88.4 Å². The Balaban J connectivity index is 1.46. The van der Waals surface area contributed by atoms with Crippen molar-refractivity contribution in [1.29, 1.82) is 0 Å². The predicted molar refractivity (Wildman–Crippen MR) is 117 cm³/mol. The lowest BCUT2D eigenvalue weighted by molar-refractivity contribution is 0.0948. The normalized spacial score (nSPS) is 10.9. The minimum absolute atomic E-state index is 0.0783. The zero-order valence-electron chi connectivity index (χ0n) is 17.5. The molecule has 0 atom stereocenters. The van der Waals surface area contributed by atoms with Crippen LogP contribution in [0.15, 0.2) is 65.8 Å². The topological polar surface area (TPSA) is 91.0 Å². The van der Waals surface area contributed by atoms with Gasteiger partial charge in [-0.2, -0.15) is 5.10 Å². The number of nitrogens with one attached hydrogen (secondary N) is 1. The number of benzene rings is 2. The van der Waals surface area contributed by atoms with Crippen LogP contribution in [-0.4, -0.2) is 38.4 Å². The second kappa shape index (κ2) is 9.42. The van der Waals surface area contributed by atoms with E-state index >= 15 is 0 Å². The highest BCUT2D eigenvalue weighted by Crippen LogP contribution is 2.17. The van der Waals surface area contributed by atoms with Gasteiger partial charge in [0.2, 0.25) is 0 Å². The second-order valence-corrected chi connectivity index (χ2v) is 7.06. The maximum absolute atomic E-state index is 13.9. The quantitative estimate of drug-likeness (QED) is 0.459. The van der Waals surface area contributed by atoms with Crippen LogP contribution >= 0.6 is 0 Å². The summed E-state index contributed by atoms with van der Waals surface area (Å²) in [5.74, 6) is -0.114. The standard InChI is InChI=1S/C23H22FN5O3/c1-2-32-20-10-6-4-8-17(20)22(30)25-11-12-29-21-18(13-27-29)23(31)28(15-26-21)14-16-7-3-5-9-19(16)24/h3-10,13,15H,2,11-12,14H2,1H3,(H,25,30). The first kappa shape index (κ1) is 21.2. The molecular formula is C23H22FN5O3. The maximum atomic E-state index is 13.9. The highest BCUT2D eigenvalue weighted by Gasteiger charge is 2.14. The van der Waals surface area contributed by atoms with Gasteiger partial charge in [-0.1, -0.05) is 30.3 Å². The Kier molecular flexibility index (Phi) is 6.25. The van der Waals surface area contributed by atoms with E-state index in [1.165, 1.54) is 23.2 Å². The average Bonchev–Trinajstić information content (AvgIpc) is 3.21. The van der Waals surface area contributed by atoms with Gasteiger partial charge in [-0.25, -0.2) is 14.1 Å². The molecule has 0 aliphatic rings. The molecule has 2 aromatic carbocycles. The molecule has 164 valence electrons. The van der Waals surface area contributed by atoms with E-state index in [9.17, 15) is 14.0 Å². The van der Waals surface area contributed by atoms with Crippen LogP contribution < -0.4 is 15.6 Å². The molecule has 0 saturated heterocycles. The highest BCUT2D eigenvalue weighted by atomic mass is 19.1. The Bertz CT molecular complexity index is 1310. The van der Waals surface area contributed by atoms with Crippen LogP contribution in [0.4, 0.5) is 4.39 Å². The lowest BCUT2D eigenvalue weighted by atomic mass is 10.2. The second-order valence-electron chi connectivity index (χ2n) is 7.06. The van der Waals surface area contributed by atoms with Crippen LogP contribution in [0.1, 0.15) is 22.8 Å². The zero-order chi connectivity index (χ0) is 22.5. The first-order valence-electron chi connectivity index (χ1n) is 10.2. The molecule has 1 amide bonds. The molecule has 32 heavy (non-hydrogen) atoms. The number of rotatable bonds is 8. The minimum Gasteiger partial charge on any atom is -0.493 e.